The molecule has 0 amide bonds. The smallest absolute Gasteiger partial charge is 0.306 e. The van der Waals surface area contributed by atoms with Gasteiger partial charge in [-0.3, -0.25) is 4.79 Å². The average molecular weight is 241 g/mol. The van der Waals surface area contributed by atoms with E-state index in [0.29, 0.717) is 6.42 Å². The van der Waals surface area contributed by atoms with E-state index in [9.17, 15) is 4.79 Å². The molecular weight excluding hydrogens is 228 g/mol. The third-order valence-corrected chi connectivity index (χ3v) is 2.73. The minimum absolute atomic E-state index is 0.114. The number of alkyl halides is 1. The largest absolute Gasteiger partial charge is 0.469 e. The van der Waals surface area contributed by atoms with E-state index in [1.165, 1.54) is 7.11 Å². The van der Waals surface area contributed by atoms with Crippen molar-refractivity contribution in [3.8, 4) is 0 Å². The van der Waals surface area contributed by atoms with Crippen LogP contribution in [0.1, 0.15) is 12.8 Å². The first-order valence-electron chi connectivity index (χ1n) is 3.51. The molecule has 2 nitrogen and oxygen atoms in total. The van der Waals surface area contributed by atoms with E-state index in [-0.39, 0.29) is 5.97 Å². The lowest BCUT2D eigenvalue weighted by Gasteiger charge is -1.98. The van der Waals surface area contributed by atoms with Crippen molar-refractivity contribution >= 4 is 33.7 Å². The molecule has 0 aromatic heterocycles. The summed E-state index contributed by atoms with van der Waals surface area (Å²) in [5.41, 5.74) is 0. The molecule has 0 radical (unpaired) electrons. The fourth-order valence-corrected chi connectivity index (χ4v) is 2.03. The van der Waals surface area contributed by atoms with Gasteiger partial charge in [-0.1, -0.05) is 15.9 Å². The van der Waals surface area contributed by atoms with Gasteiger partial charge < -0.3 is 4.74 Å². The lowest BCUT2D eigenvalue weighted by Crippen LogP contribution is -2.01. The lowest BCUT2D eigenvalue weighted by molar-refractivity contribution is -0.140. The molecule has 0 heterocycles. The van der Waals surface area contributed by atoms with Crippen molar-refractivity contribution in [2.75, 3.05) is 23.9 Å². The zero-order chi connectivity index (χ0) is 8.53. The Labute approximate surface area is 80.2 Å². The lowest BCUT2D eigenvalue weighted by atomic mass is 10.5. The molecule has 0 aliphatic rings. The van der Waals surface area contributed by atoms with Gasteiger partial charge in [-0.05, 0) is 12.2 Å². The Morgan fingerprint density at radius 1 is 1.55 bits per heavy atom. The fourth-order valence-electron chi connectivity index (χ4n) is 0.516. The Kier molecular flexibility index (Phi) is 8.63. The van der Waals surface area contributed by atoms with Gasteiger partial charge in [0, 0.05) is 11.1 Å². The number of esters is 1. The molecule has 66 valence electrons. The molecule has 0 aromatic rings. The van der Waals surface area contributed by atoms with Gasteiger partial charge >= 0.3 is 5.97 Å². The summed E-state index contributed by atoms with van der Waals surface area (Å²) >= 11 is 5.13. The number of thioether (sulfide) groups is 1. The first-order chi connectivity index (χ1) is 5.31. The predicted molar refractivity (Wildman–Crippen MR) is 52.4 cm³/mol. The van der Waals surface area contributed by atoms with Crippen molar-refractivity contribution in [3.05, 3.63) is 0 Å². The quantitative estimate of drug-likeness (QED) is 0.404. The van der Waals surface area contributed by atoms with Crippen LogP contribution < -0.4 is 0 Å². The molecule has 0 rings (SSSR count). The SMILES string of the molecule is COC(=O)CCSCCCBr. The first kappa shape index (κ1) is 11.3. The maximum Gasteiger partial charge on any atom is 0.306 e. The Morgan fingerprint density at radius 2 is 2.27 bits per heavy atom. The average Bonchev–Trinajstić information content (AvgIpc) is 2.04. The Balaban J connectivity index is 2.95. The van der Waals surface area contributed by atoms with E-state index in [1.807, 2.05) is 0 Å². The number of carbonyl (C=O) groups excluding carboxylic acids is 1. The monoisotopic (exact) mass is 240 g/mol. The van der Waals surface area contributed by atoms with Crippen LogP contribution >= 0.6 is 27.7 Å². The number of hydrogen-bond donors (Lipinski definition) is 0. The van der Waals surface area contributed by atoms with Crippen molar-refractivity contribution < 1.29 is 9.53 Å². The van der Waals surface area contributed by atoms with Crippen molar-refractivity contribution in [1.82, 2.24) is 0 Å². The third-order valence-electron chi connectivity index (χ3n) is 1.10. The minimum atomic E-state index is -0.114. The van der Waals surface area contributed by atoms with Gasteiger partial charge in [0.05, 0.1) is 13.5 Å². The summed E-state index contributed by atoms with van der Waals surface area (Å²) in [5, 5.41) is 1.04. The van der Waals surface area contributed by atoms with Crippen LogP contribution in [0.4, 0.5) is 0 Å². The maximum absolute atomic E-state index is 10.6. The van der Waals surface area contributed by atoms with Crippen LogP contribution in [-0.2, 0) is 9.53 Å². The molecule has 0 unspecified atom stereocenters. The van der Waals surface area contributed by atoms with E-state index in [1.54, 1.807) is 11.8 Å². The van der Waals surface area contributed by atoms with Crippen molar-refractivity contribution in [2.45, 2.75) is 12.8 Å². The zero-order valence-electron chi connectivity index (χ0n) is 6.64. The summed E-state index contributed by atoms with van der Waals surface area (Å²) in [6, 6.07) is 0. The minimum Gasteiger partial charge on any atom is -0.469 e. The Hall–Kier alpha value is 0.300. The molecule has 0 saturated heterocycles. The van der Waals surface area contributed by atoms with E-state index in [0.717, 1.165) is 23.3 Å². The first-order valence-corrected chi connectivity index (χ1v) is 5.79. The molecule has 0 bridgehead atoms. The molecule has 11 heavy (non-hydrogen) atoms. The highest BCUT2D eigenvalue weighted by Crippen LogP contribution is 2.05. The molecule has 0 spiro atoms. The molecule has 0 saturated carbocycles. The van der Waals surface area contributed by atoms with Crippen LogP contribution in [0.5, 0.6) is 0 Å². The van der Waals surface area contributed by atoms with Gasteiger partial charge in [-0.25, -0.2) is 0 Å². The number of hydrogen-bond acceptors (Lipinski definition) is 3. The van der Waals surface area contributed by atoms with Crippen molar-refractivity contribution in [2.24, 2.45) is 0 Å². The molecule has 0 fully saturated rings. The highest BCUT2D eigenvalue weighted by molar-refractivity contribution is 9.09. The topological polar surface area (TPSA) is 26.3 Å². The molecule has 0 aliphatic heterocycles. The van der Waals surface area contributed by atoms with Crippen LogP contribution in [0.2, 0.25) is 0 Å². The number of carbonyl (C=O) groups is 1. The van der Waals surface area contributed by atoms with Gasteiger partial charge in [0.1, 0.15) is 0 Å². The van der Waals surface area contributed by atoms with Crippen LogP contribution in [0.3, 0.4) is 0 Å². The van der Waals surface area contributed by atoms with E-state index in [2.05, 4.69) is 20.7 Å². The van der Waals surface area contributed by atoms with E-state index in [4.69, 9.17) is 0 Å². The molecule has 4 heteroatoms. The summed E-state index contributed by atoms with van der Waals surface area (Å²) in [7, 11) is 1.42. The second kappa shape index (κ2) is 8.40. The molecule has 0 atom stereocenters. The molecule has 0 N–H and O–H groups in total. The standard InChI is InChI=1S/C7H13BrO2S/c1-10-7(9)3-6-11-5-2-4-8/h2-6H2,1H3. The van der Waals surface area contributed by atoms with Gasteiger partial charge in [0.25, 0.3) is 0 Å². The Morgan fingerprint density at radius 3 is 2.82 bits per heavy atom. The second-order valence-corrected chi connectivity index (χ2v) is 4.00. The van der Waals surface area contributed by atoms with Gasteiger partial charge in [-0.2, -0.15) is 11.8 Å². The van der Waals surface area contributed by atoms with Crippen LogP contribution in [0, 0.1) is 0 Å². The highest BCUT2D eigenvalue weighted by Gasteiger charge is 1.98. The van der Waals surface area contributed by atoms with Crippen LogP contribution in [0.25, 0.3) is 0 Å². The van der Waals surface area contributed by atoms with Crippen molar-refractivity contribution in [3.63, 3.8) is 0 Å². The summed E-state index contributed by atoms with van der Waals surface area (Å²) < 4.78 is 4.50. The fraction of sp³-hybridized carbons (Fsp3) is 0.857. The number of halogens is 1. The normalized spacial score (nSPS) is 9.64. The molecule has 0 aliphatic carbocycles. The number of ether oxygens (including phenoxy) is 1. The number of rotatable bonds is 6. The summed E-state index contributed by atoms with van der Waals surface area (Å²) in [5.74, 6) is 1.87. The zero-order valence-corrected chi connectivity index (χ0v) is 9.04. The summed E-state index contributed by atoms with van der Waals surface area (Å²) in [6.45, 7) is 0. The van der Waals surface area contributed by atoms with Gasteiger partial charge in [-0.15, -0.1) is 0 Å². The second-order valence-electron chi connectivity index (χ2n) is 1.98. The molecule has 0 aromatic carbocycles. The maximum atomic E-state index is 10.6. The van der Waals surface area contributed by atoms with Crippen molar-refractivity contribution in [1.29, 1.82) is 0 Å². The van der Waals surface area contributed by atoms with Gasteiger partial charge in [0.2, 0.25) is 0 Å². The van der Waals surface area contributed by atoms with Crippen LogP contribution in [-0.4, -0.2) is 29.9 Å². The molecular formula is C7H13BrO2S. The highest BCUT2D eigenvalue weighted by atomic mass is 79.9. The predicted octanol–water partition coefficient (Wildman–Crippen LogP) is 2.07. The Bertz CT molecular complexity index is 109. The summed E-state index contributed by atoms with van der Waals surface area (Å²) in [4.78, 5) is 10.6. The number of methoxy groups -OCH3 is 1. The van der Waals surface area contributed by atoms with Crippen LogP contribution in [0.15, 0.2) is 0 Å². The third kappa shape index (κ3) is 8.20. The van der Waals surface area contributed by atoms with Gasteiger partial charge in [0.15, 0.2) is 0 Å². The van der Waals surface area contributed by atoms with E-state index >= 15 is 0 Å². The van der Waals surface area contributed by atoms with E-state index < -0.39 is 0 Å². The summed E-state index contributed by atoms with van der Waals surface area (Å²) in [6.07, 6.45) is 1.69.